The molecule has 1 aromatic heterocycles. The molecule has 13 heavy (non-hydrogen) atoms. The Labute approximate surface area is 85.4 Å². The summed E-state index contributed by atoms with van der Waals surface area (Å²) in [7, 11) is 0. The minimum absolute atomic E-state index is 0.607. The molecular formula is C11H17ClN+. The number of aryl methyl sites for hydroxylation is 1. The lowest BCUT2D eigenvalue weighted by atomic mass is 10.2. The summed E-state index contributed by atoms with van der Waals surface area (Å²) in [5.41, 5.74) is 1.19. The second-order valence-corrected chi connectivity index (χ2v) is 3.55. The molecule has 0 aliphatic heterocycles. The zero-order valence-electron chi connectivity index (χ0n) is 8.17. The van der Waals surface area contributed by atoms with E-state index in [1.165, 1.54) is 24.8 Å². The van der Waals surface area contributed by atoms with Crippen LogP contribution in [-0.2, 0) is 12.4 Å². The molecule has 0 aliphatic carbocycles. The molecule has 1 nitrogen and oxygen atoms in total. The molecule has 0 N–H and O–H groups in total. The molecule has 0 fully saturated rings. The molecule has 0 amide bonds. The van der Waals surface area contributed by atoms with Crippen LogP contribution in [0.25, 0.3) is 0 Å². The summed E-state index contributed by atoms with van der Waals surface area (Å²) in [5, 5.41) is 0. The summed E-state index contributed by atoms with van der Waals surface area (Å²) in [6.45, 7) is 3.34. The summed E-state index contributed by atoms with van der Waals surface area (Å²) in [6, 6.07) is 4.16. The summed E-state index contributed by atoms with van der Waals surface area (Å²) >= 11 is 5.70. The molecule has 0 radical (unpaired) electrons. The number of pyridine rings is 1. The molecule has 1 rings (SSSR count). The largest absolute Gasteiger partial charge is 0.205 e. The Morgan fingerprint density at radius 1 is 1.23 bits per heavy atom. The van der Waals surface area contributed by atoms with Crippen LogP contribution >= 0.6 is 11.6 Å². The van der Waals surface area contributed by atoms with E-state index in [0.717, 1.165) is 6.54 Å². The van der Waals surface area contributed by atoms with Gasteiger partial charge in [0.05, 0.1) is 0 Å². The first kappa shape index (κ1) is 10.5. The van der Waals surface area contributed by atoms with Crippen molar-refractivity contribution in [3.63, 3.8) is 0 Å². The molecule has 2 heteroatoms. The van der Waals surface area contributed by atoms with Crippen molar-refractivity contribution in [2.75, 3.05) is 0 Å². The highest BCUT2D eigenvalue weighted by Gasteiger charge is 1.98. The molecule has 0 spiro atoms. The highest BCUT2D eigenvalue weighted by molar-refractivity contribution is 6.17. The second kappa shape index (κ2) is 5.98. The van der Waals surface area contributed by atoms with Gasteiger partial charge in [-0.1, -0.05) is 13.3 Å². The van der Waals surface area contributed by atoms with Crippen LogP contribution in [0.1, 0.15) is 31.7 Å². The van der Waals surface area contributed by atoms with Gasteiger partial charge < -0.3 is 0 Å². The zero-order chi connectivity index (χ0) is 9.52. The van der Waals surface area contributed by atoms with Crippen LogP contribution in [0.15, 0.2) is 24.5 Å². The maximum Gasteiger partial charge on any atom is 0.169 e. The second-order valence-electron chi connectivity index (χ2n) is 3.28. The summed E-state index contributed by atoms with van der Waals surface area (Å²) in [4.78, 5) is 0. The van der Waals surface area contributed by atoms with Crippen molar-refractivity contribution in [1.82, 2.24) is 0 Å². The Morgan fingerprint density at radius 2 is 1.92 bits per heavy atom. The third-order valence-electron chi connectivity index (χ3n) is 2.13. The van der Waals surface area contributed by atoms with Gasteiger partial charge in [-0.15, -0.1) is 11.6 Å². The SMILES string of the molecule is CCCCC[n+]1ccc(CCl)cc1. The highest BCUT2D eigenvalue weighted by Crippen LogP contribution is 1.99. The fourth-order valence-electron chi connectivity index (χ4n) is 1.27. The van der Waals surface area contributed by atoms with Gasteiger partial charge in [0.15, 0.2) is 12.4 Å². The van der Waals surface area contributed by atoms with Crippen molar-refractivity contribution < 1.29 is 4.57 Å². The van der Waals surface area contributed by atoms with Crippen LogP contribution in [0.5, 0.6) is 0 Å². The fourth-order valence-corrected chi connectivity index (χ4v) is 1.45. The topological polar surface area (TPSA) is 3.88 Å². The predicted octanol–water partition coefficient (Wildman–Crippen LogP) is 2.90. The first-order valence-electron chi connectivity index (χ1n) is 4.90. The third-order valence-corrected chi connectivity index (χ3v) is 2.44. The number of nitrogens with zero attached hydrogens (tertiary/aromatic N) is 1. The summed E-state index contributed by atoms with van der Waals surface area (Å²) in [5.74, 6) is 0.607. The van der Waals surface area contributed by atoms with Crippen LogP contribution in [0.4, 0.5) is 0 Å². The van der Waals surface area contributed by atoms with Crippen LogP contribution in [-0.4, -0.2) is 0 Å². The molecule has 1 aromatic rings. The molecular weight excluding hydrogens is 182 g/mol. The van der Waals surface area contributed by atoms with Crippen molar-refractivity contribution in [1.29, 1.82) is 0 Å². The number of halogens is 1. The summed E-state index contributed by atoms with van der Waals surface area (Å²) in [6.07, 6.45) is 8.06. The Bertz CT molecular complexity index is 230. The first-order chi connectivity index (χ1) is 6.36. The minimum atomic E-state index is 0.607. The van der Waals surface area contributed by atoms with E-state index in [4.69, 9.17) is 11.6 Å². The number of hydrogen-bond donors (Lipinski definition) is 0. The lowest BCUT2D eigenvalue weighted by Gasteiger charge is -1.96. The van der Waals surface area contributed by atoms with Gasteiger partial charge in [0.1, 0.15) is 6.54 Å². The van der Waals surface area contributed by atoms with Gasteiger partial charge in [-0.25, -0.2) is 4.57 Å². The Kier molecular flexibility index (Phi) is 4.84. The van der Waals surface area contributed by atoms with Crippen molar-refractivity contribution in [2.45, 2.75) is 38.6 Å². The van der Waals surface area contributed by atoms with E-state index in [1.54, 1.807) is 0 Å². The van der Waals surface area contributed by atoms with E-state index in [2.05, 4.69) is 36.0 Å². The van der Waals surface area contributed by atoms with E-state index in [-0.39, 0.29) is 0 Å². The van der Waals surface area contributed by atoms with E-state index in [9.17, 15) is 0 Å². The van der Waals surface area contributed by atoms with Crippen molar-refractivity contribution in [3.8, 4) is 0 Å². The normalized spacial score (nSPS) is 10.3. The average molecular weight is 199 g/mol. The molecule has 0 bridgehead atoms. The van der Waals surface area contributed by atoms with Gasteiger partial charge >= 0.3 is 0 Å². The predicted molar refractivity (Wildman–Crippen MR) is 55.7 cm³/mol. The summed E-state index contributed by atoms with van der Waals surface area (Å²) < 4.78 is 2.21. The molecule has 0 aliphatic rings. The van der Waals surface area contributed by atoms with Crippen molar-refractivity contribution in [3.05, 3.63) is 30.1 Å². The van der Waals surface area contributed by atoms with Gasteiger partial charge in [0.25, 0.3) is 0 Å². The molecule has 0 aromatic carbocycles. The fraction of sp³-hybridized carbons (Fsp3) is 0.545. The van der Waals surface area contributed by atoms with E-state index in [0.29, 0.717) is 5.88 Å². The number of aromatic nitrogens is 1. The molecule has 0 unspecified atom stereocenters. The van der Waals surface area contributed by atoms with Crippen LogP contribution in [0.3, 0.4) is 0 Å². The number of unbranched alkanes of at least 4 members (excludes halogenated alkanes) is 2. The van der Waals surface area contributed by atoms with Gasteiger partial charge in [0.2, 0.25) is 0 Å². The maximum absolute atomic E-state index is 5.70. The molecule has 0 saturated heterocycles. The standard InChI is InChI=1S/C11H17ClN/c1-2-3-4-7-13-8-5-11(10-12)6-9-13/h5-6,8-9H,2-4,7,10H2,1H3/q+1. The Hall–Kier alpha value is -0.560. The number of alkyl halides is 1. The van der Waals surface area contributed by atoms with E-state index in [1.807, 2.05) is 0 Å². The first-order valence-corrected chi connectivity index (χ1v) is 5.44. The van der Waals surface area contributed by atoms with Crippen LogP contribution in [0, 0.1) is 0 Å². The number of rotatable bonds is 5. The van der Waals surface area contributed by atoms with Crippen LogP contribution < -0.4 is 4.57 Å². The lowest BCUT2D eigenvalue weighted by Crippen LogP contribution is -2.32. The van der Waals surface area contributed by atoms with E-state index >= 15 is 0 Å². The van der Waals surface area contributed by atoms with Gasteiger partial charge in [-0.05, 0) is 12.0 Å². The molecule has 1 heterocycles. The zero-order valence-corrected chi connectivity index (χ0v) is 8.93. The highest BCUT2D eigenvalue weighted by atomic mass is 35.5. The number of hydrogen-bond acceptors (Lipinski definition) is 0. The van der Waals surface area contributed by atoms with Crippen LogP contribution in [0.2, 0.25) is 0 Å². The lowest BCUT2D eigenvalue weighted by molar-refractivity contribution is -0.697. The van der Waals surface area contributed by atoms with Gasteiger partial charge in [-0.3, -0.25) is 0 Å². The maximum atomic E-state index is 5.70. The molecule has 0 saturated carbocycles. The average Bonchev–Trinajstić information content (AvgIpc) is 2.19. The quantitative estimate of drug-likeness (QED) is 0.389. The van der Waals surface area contributed by atoms with Crippen molar-refractivity contribution >= 4 is 11.6 Å². The Morgan fingerprint density at radius 3 is 2.46 bits per heavy atom. The molecule has 0 atom stereocenters. The Balaban J connectivity index is 2.40. The minimum Gasteiger partial charge on any atom is -0.205 e. The van der Waals surface area contributed by atoms with Gasteiger partial charge in [0, 0.05) is 24.4 Å². The molecule has 72 valence electrons. The van der Waals surface area contributed by atoms with Crippen molar-refractivity contribution in [2.24, 2.45) is 0 Å². The third kappa shape index (κ3) is 3.77. The smallest absolute Gasteiger partial charge is 0.169 e. The monoisotopic (exact) mass is 198 g/mol. The van der Waals surface area contributed by atoms with Gasteiger partial charge in [-0.2, -0.15) is 0 Å². The van der Waals surface area contributed by atoms with E-state index < -0.39 is 0 Å².